The Bertz CT molecular complexity index is 1650. The van der Waals surface area contributed by atoms with Gasteiger partial charge in [0.1, 0.15) is 11.4 Å². The van der Waals surface area contributed by atoms with Crippen molar-refractivity contribution in [2.75, 3.05) is 5.32 Å². The molecule has 0 aliphatic heterocycles. The summed E-state index contributed by atoms with van der Waals surface area (Å²) in [5, 5.41) is 24.4. The Labute approximate surface area is 233 Å². The van der Waals surface area contributed by atoms with E-state index in [0.29, 0.717) is 16.6 Å². The van der Waals surface area contributed by atoms with Crippen molar-refractivity contribution in [1.29, 1.82) is 5.26 Å². The van der Waals surface area contributed by atoms with Crippen molar-refractivity contribution < 1.29 is 23.8 Å². The van der Waals surface area contributed by atoms with Crippen LogP contribution in [-0.2, 0) is 12.1 Å². The van der Waals surface area contributed by atoms with Gasteiger partial charge < -0.3 is 19.7 Å². The zero-order chi connectivity index (χ0) is 28.5. The molecule has 39 heavy (non-hydrogen) atoms. The molecule has 11 heteroatoms. The van der Waals surface area contributed by atoms with Gasteiger partial charge in [0, 0.05) is 28.1 Å². The Kier molecular flexibility index (Phi) is 7.72. The van der Waals surface area contributed by atoms with E-state index in [1.165, 1.54) is 30.3 Å². The van der Waals surface area contributed by atoms with Crippen molar-refractivity contribution >= 4 is 51.8 Å². The summed E-state index contributed by atoms with van der Waals surface area (Å²) in [6, 6.07) is 15.8. The van der Waals surface area contributed by atoms with Crippen LogP contribution in [0.5, 0.6) is 11.5 Å². The van der Waals surface area contributed by atoms with Crippen LogP contribution in [0.2, 0.25) is 10.0 Å². The topological polar surface area (TPSA) is 116 Å². The Morgan fingerprint density at radius 3 is 2.54 bits per heavy atom. The average Bonchev–Trinajstić information content (AvgIpc) is 3.27. The van der Waals surface area contributed by atoms with Crippen molar-refractivity contribution in [1.82, 2.24) is 9.88 Å². The highest BCUT2D eigenvalue weighted by atomic mass is 35.5. The molecule has 0 unspecified atom stereocenters. The van der Waals surface area contributed by atoms with Gasteiger partial charge in [-0.25, -0.2) is 9.18 Å². The van der Waals surface area contributed by atoms with Crippen molar-refractivity contribution in [2.24, 2.45) is 0 Å². The summed E-state index contributed by atoms with van der Waals surface area (Å²) in [4.78, 5) is 24.7. The van der Waals surface area contributed by atoms with E-state index in [1.807, 2.05) is 26.8 Å². The lowest BCUT2D eigenvalue weighted by atomic mass is 10.1. The summed E-state index contributed by atoms with van der Waals surface area (Å²) >= 11 is 12.2. The molecule has 1 aromatic heterocycles. The lowest BCUT2D eigenvalue weighted by Gasteiger charge is -2.26. The molecule has 3 aromatic carbocycles. The number of carbonyl (C=O) groups is 2. The molecule has 0 aliphatic carbocycles. The van der Waals surface area contributed by atoms with E-state index in [-0.39, 0.29) is 44.9 Å². The number of benzene rings is 3. The first kappa shape index (κ1) is 27.8. The van der Waals surface area contributed by atoms with Crippen LogP contribution in [0.15, 0.2) is 54.6 Å². The number of carboxylic acid groups (broad SMARTS) is 1. The molecular weight excluding hydrogens is 546 g/mol. The molecule has 3 N–H and O–H groups in total. The summed E-state index contributed by atoms with van der Waals surface area (Å²) in [6.07, 6.45) is -1.23. The predicted molar refractivity (Wildman–Crippen MR) is 147 cm³/mol. The molecule has 0 bridgehead atoms. The fourth-order valence-corrected chi connectivity index (χ4v) is 4.62. The van der Waals surface area contributed by atoms with Gasteiger partial charge in [-0.1, -0.05) is 41.4 Å². The molecule has 200 valence electrons. The lowest BCUT2D eigenvalue weighted by molar-refractivity contribution is 0.0936. The number of ether oxygens (including phenoxy) is 1. The molecule has 0 atom stereocenters. The van der Waals surface area contributed by atoms with Gasteiger partial charge in [0.05, 0.1) is 27.9 Å². The number of fused-ring (bicyclic) bond motifs is 1. The summed E-state index contributed by atoms with van der Waals surface area (Å²) in [7, 11) is 0. The van der Waals surface area contributed by atoms with Crippen molar-refractivity contribution in [2.45, 2.75) is 32.9 Å². The van der Waals surface area contributed by atoms with Crippen molar-refractivity contribution in [3.05, 3.63) is 87.3 Å². The fraction of sp³-hybridized carbons (Fsp3) is 0.179. The van der Waals surface area contributed by atoms with Crippen LogP contribution in [0.25, 0.3) is 10.9 Å². The van der Waals surface area contributed by atoms with Gasteiger partial charge in [-0.3, -0.25) is 10.1 Å². The first-order valence-corrected chi connectivity index (χ1v) is 12.4. The van der Waals surface area contributed by atoms with Crippen LogP contribution in [0.3, 0.4) is 0 Å². The number of nitrogens with zero attached hydrogens (tertiary/aromatic N) is 2. The number of anilines is 1. The lowest BCUT2D eigenvalue weighted by Crippen LogP contribution is -2.31. The first-order valence-electron chi connectivity index (χ1n) is 11.7. The maximum atomic E-state index is 15.4. The molecule has 0 aliphatic rings. The highest BCUT2D eigenvalue weighted by Crippen LogP contribution is 2.36. The molecule has 4 rings (SSSR count). The number of nitrogens with one attached hydrogen (secondary N) is 2. The first-order chi connectivity index (χ1) is 18.4. The second-order valence-electron chi connectivity index (χ2n) is 9.63. The van der Waals surface area contributed by atoms with Gasteiger partial charge in [0.15, 0.2) is 11.6 Å². The van der Waals surface area contributed by atoms with E-state index >= 15 is 4.39 Å². The number of halogens is 3. The van der Waals surface area contributed by atoms with Crippen LogP contribution in [0.1, 0.15) is 42.4 Å². The fourth-order valence-electron chi connectivity index (χ4n) is 4.21. The van der Waals surface area contributed by atoms with Crippen LogP contribution in [0, 0.1) is 17.1 Å². The summed E-state index contributed by atoms with van der Waals surface area (Å²) in [6.45, 7) is 5.47. The third-order valence-corrected chi connectivity index (χ3v) is 6.27. The number of para-hydroxylation sites is 1. The van der Waals surface area contributed by atoms with Crippen molar-refractivity contribution in [3.63, 3.8) is 0 Å². The largest absolute Gasteiger partial charge is 0.465 e. The second kappa shape index (κ2) is 10.8. The molecule has 2 amide bonds. The van der Waals surface area contributed by atoms with Gasteiger partial charge >= 0.3 is 6.09 Å². The Hall–Kier alpha value is -4.26. The van der Waals surface area contributed by atoms with Crippen LogP contribution >= 0.6 is 23.2 Å². The number of aromatic nitrogens is 1. The highest BCUT2D eigenvalue weighted by Gasteiger charge is 2.26. The monoisotopic (exact) mass is 568 g/mol. The average molecular weight is 569 g/mol. The standard InChI is InChI=1S/C28H23Cl2FN4O4/c1-28(2,3)35-22(11-16-5-4-6-21(24(16)35)34-27(37)38)26(36)33-14-17-7-8-20(30)25(23(17)31)39-19-10-15(13-32)9-18(29)12-19/h4-12,34H,14H2,1-3H3,(H,33,36)(H,37,38). The van der Waals surface area contributed by atoms with E-state index < -0.39 is 23.4 Å². The molecule has 0 fully saturated rings. The Balaban J connectivity index is 1.65. The number of amides is 2. The number of rotatable bonds is 6. The molecule has 4 aromatic rings. The summed E-state index contributed by atoms with van der Waals surface area (Å²) < 4.78 is 22.8. The minimum absolute atomic E-state index is 0.00706. The normalized spacial score (nSPS) is 11.2. The Morgan fingerprint density at radius 1 is 1.13 bits per heavy atom. The highest BCUT2D eigenvalue weighted by molar-refractivity contribution is 6.32. The van der Waals surface area contributed by atoms with E-state index in [4.69, 9.17) is 33.2 Å². The number of carbonyl (C=O) groups excluding carboxylic acids is 1. The second-order valence-corrected chi connectivity index (χ2v) is 10.5. The maximum absolute atomic E-state index is 15.4. The molecular formula is C28H23Cl2FN4O4. The zero-order valence-corrected chi connectivity index (χ0v) is 22.6. The predicted octanol–water partition coefficient (Wildman–Crippen LogP) is 7.53. The third-order valence-electron chi connectivity index (χ3n) is 5.76. The molecule has 0 spiro atoms. The molecule has 0 saturated carbocycles. The minimum Gasteiger partial charge on any atom is -0.465 e. The molecule has 0 saturated heterocycles. The summed E-state index contributed by atoms with van der Waals surface area (Å²) in [5.74, 6) is -1.43. The van der Waals surface area contributed by atoms with Gasteiger partial charge in [0.25, 0.3) is 5.91 Å². The van der Waals surface area contributed by atoms with Gasteiger partial charge in [-0.15, -0.1) is 0 Å². The van der Waals surface area contributed by atoms with Crippen molar-refractivity contribution in [3.8, 4) is 17.6 Å². The van der Waals surface area contributed by atoms with Gasteiger partial charge in [0.2, 0.25) is 0 Å². The smallest absolute Gasteiger partial charge is 0.409 e. The minimum atomic E-state index is -1.23. The number of hydrogen-bond donors (Lipinski definition) is 3. The molecule has 8 nitrogen and oxygen atoms in total. The van der Waals surface area contributed by atoms with Gasteiger partial charge in [-0.2, -0.15) is 5.26 Å². The number of hydrogen-bond acceptors (Lipinski definition) is 4. The van der Waals surface area contributed by atoms with E-state index in [0.717, 1.165) is 0 Å². The van der Waals surface area contributed by atoms with E-state index in [1.54, 1.807) is 28.8 Å². The quantitative estimate of drug-likeness (QED) is 0.222. The Morgan fingerprint density at radius 2 is 1.87 bits per heavy atom. The van der Waals surface area contributed by atoms with E-state index in [9.17, 15) is 14.7 Å². The van der Waals surface area contributed by atoms with Crippen LogP contribution in [0.4, 0.5) is 14.9 Å². The zero-order valence-electron chi connectivity index (χ0n) is 21.1. The van der Waals surface area contributed by atoms with Crippen LogP contribution in [-0.4, -0.2) is 21.7 Å². The molecule has 1 heterocycles. The van der Waals surface area contributed by atoms with E-state index in [2.05, 4.69) is 10.6 Å². The van der Waals surface area contributed by atoms with Gasteiger partial charge in [-0.05, 0) is 57.2 Å². The summed E-state index contributed by atoms with van der Waals surface area (Å²) in [5.41, 5.74) is 0.886. The maximum Gasteiger partial charge on any atom is 0.409 e. The SMILES string of the molecule is CC(C)(C)n1c(C(=O)NCc2ccc(Cl)c(Oc3cc(Cl)cc(C#N)c3)c2F)cc2cccc(NC(=O)O)c21. The number of nitriles is 1. The molecule has 0 radical (unpaired) electrons. The van der Waals surface area contributed by atoms with Crippen LogP contribution < -0.4 is 15.4 Å². The third kappa shape index (κ3) is 5.93.